The zero-order valence-electron chi connectivity index (χ0n) is 14.0. The first-order chi connectivity index (χ1) is 12.2. The zero-order chi connectivity index (χ0) is 17.4. The number of terminal acetylenes is 1. The van der Waals surface area contributed by atoms with E-state index in [0.29, 0.717) is 16.8 Å². The van der Waals surface area contributed by atoms with Gasteiger partial charge in [0.2, 0.25) is 0 Å². The first-order valence-corrected chi connectivity index (χ1v) is 10.2. The number of fused-ring (bicyclic) bond motifs is 3. The van der Waals surface area contributed by atoms with Crippen LogP contribution in [-0.2, 0) is 12.8 Å². The summed E-state index contributed by atoms with van der Waals surface area (Å²) in [6.45, 7) is 2.28. The summed E-state index contributed by atoms with van der Waals surface area (Å²) >= 11 is 3.12. The quantitative estimate of drug-likeness (QED) is 0.394. The number of hydrogen-bond acceptors (Lipinski definition) is 4. The van der Waals surface area contributed by atoms with Crippen LogP contribution in [0.3, 0.4) is 0 Å². The van der Waals surface area contributed by atoms with Gasteiger partial charge in [-0.25, -0.2) is 4.98 Å². The molecule has 0 spiro atoms. The number of hydrogen-bond donors (Lipinski definition) is 0. The van der Waals surface area contributed by atoms with E-state index in [4.69, 9.17) is 11.4 Å². The Morgan fingerprint density at radius 2 is 2.20 bits per heavy atom. The molecule has 4 rings (SSSR count). The molecule has 2 heterocycles. The SMILES string of the molecule is C#CCSc1nc2sc3c(c2c(=O)n1-c1ccccc1)CCC(C)C3. The van der Waals surface area contributed by atoms with Crippen LogP contribution in [0.5, 0.6) is 0 Å². The van der Waals surface area contributed by atoms with Crippen molar-refractivity contribution < 1.29 is 0 Å². The fourth-order valence-electron chi connectivity index (χ4n) is 3.38. The molecular weight excluding hydrogens is 348 g/mol. The lowest BCUT2D eigenvalue weighted by Crippen LogP contribution is -2.22. The van der Waals surface area contributed by atoms with E-state index in [1.165, 1.54) is 22.2 Å². The molecule has 5 heteroatoms. The third-order valence-corrected chi connectivity index (χ3v) is 6.59. The predicted octanol–water partition coefficient (Wildman–Crippen LogP) is 4.30. The van der Waals surface area contributed by atoms with Crippen molar-refractivity contribution in [3.8, 4) is 18.0 Å². The Bertz CT molecular complexity index is 1030. The highest BCUT2D eigenvalue weighted by Crippen LogP contribution is 2.36. The fourth-order valence-corrected chi connectivity index (χ4v) is 5.50. The van der Waals surface area contributed by atoms with Gasteiger partial charge in [0.15, 0.2) is 5.16 Å². The van der Waals surface area contributed by atoms with Crippen LogP contribution in [0.2, 0.25) is 0 Å². The van der Waals surface area contributed by atoms with E-state index in [9.17, 15) is 4.79 Å². The van der Waals surface area contributed by atoms with Gasteiger partial charge in [0, 0.05) is 4.88 Å². The Labute approximate surface area is 155 Å². The van der Waals surface area contributed by atoms with Gasteiger partial charge in [0.1, 0.15) is 4.83 Å². The van der Waals surface area contributed by atoms with Gasteiger partial charge >= 0.3 is 0 Å². The van der Waals surface area contributed by atoms with Gasteiger partial charge in [0.25, 0.3) is 5.56 Å². The molecule has 25 heavy (non-hydrogen) atoms. The van der Waals surface area contributed by atoms with Crippen LogP contribution in [0.4, 0.5) is 0 Å². The molecule has 1 aromatic carbocycles. The minimum absolute atomic E-state index is 0.0303. The molecule has 1 atom stereocenters. The largest absolute Gasteiger partial charge is 0.268 e. The van der Waals surface area contributed by atoms with E-state index >= 15 is 0 Å². The highest BCUT2D eigenvalue weighted by Gasteiger charge is 2.25. The second-order valence-corrected chi connectivity index (χ2v) is 8.42. The van der Waals surface area contributed by atoms with Crippen LogP contribution < -0.4 is 5.56 Å². The van der Waals surface area contributed by atoms with Crippen molar-refractivity contribution in [3.05, 3.63) is 51.1 Å². The first-order valence-electron chi connectivity index (χ1n) is 8.38. The van der Waals surface area contributed by atoms with Crippen molar-refractivity contribution in [2.45, 2.75) is 31.3 Å². The van der Waals surface area contributed by atoms with Crippen LogP contribution >= 0.6 is 23.1 Å². The minimum Gasteiger partial charge on any atom is -0.268 e. The monoisotopic (exact) mass is 366 g/mol. The zero-order valence-corrected chi connectivity index (χ0v) is 15.6. The molecule has 0 radical (unpaired) electrons. The molecule has 1 unspecified atom stereocenters. The van der Waals surface area contributed by atoms with Gasteiger partial charge in [-0.1, -0.05) is 42.8 Å². The molecule has 3 nitrogen and oxygen atoms in total. The standard InChI is InChI=1S/C20H18N2OS2/c1-3-11-24-20-21-18-17(15-10-9-13(2)12-16(15)25-18)19(23)22(20)14-7-5-4-6-8-14/h1,4-8,13H,9-12H2,2H3. The Morgan fingerprint density at radius 3 is 2.96 bits per heavy atom. The molecule has 1 aliphatic carbocycles. The summed E-state index contributed by atoms with van der Waals surface area (Å²) in [7, 11) is 0. The maximum absolute atomic E-state index is 13.4. The maximum Gasteiger partial charge on any atom is 0.267 e. The van der Waals surface area contributed by atoms with E-state index in [2.05, 4.69) is 12.8 Å². The van der Waals surface area contributed by atoms with E-state index in [0.717, 1.165) is 35.2 Å². The molecule has 0 N–H and O–H groups in total. The van der Waals surface area contributed by atoms with Crippen molar-refractivity contribution in [1.82, 2.24) is 9.55 Å². The lowest BCUT2D eigenvalue weighted by atomic mass is 9.89. The van der Waals surface area contributed by atoms with Crippen molar-refractivity contribution in [1.29, 1.82) is 0 Å². The number of nitrogens with zero attached hydrogens (tertiary/aromatic N) is 2. The Morgan fingerprint density at radius 1 is 1.40 bits per heavy atom. The number of aryl methyl sites for hydroxylation is 1. The van der Waals surface area contributed by atoms with Crippen LogP contribution in [0.15, 0.2) is 40.3 Å². The van der Waals surface area contributed by atoms with Crippen molar-refractivity contribution >= 4 is 33.3 Å². The lowest BCUT2D eigenvalue weighted by Gasteiger charge is -2.17. The van der Waals surface area contributed by atoms with E-state index in [-0.39, 0.29) is 5.56 Å². The number of benzene rings is 1. The predicted molar refractivity (Wildman–Crippen MR) is 106 cm³/mol. The number of aromatic nitrogens is 2. The molecular formula is C20H18N2OS2. The molecule has 0 saturated heterocycles. The van der Waals surface area contributed by atoms with Gasteiger partial charge in [-0.05, 0) is 42.9 Å². The number of para-hydroxylation sites is 1. The van der Waals surface area contributed by atoms with Gasteiger partial charge in [-0.15, -0.1) is 17.8 Å². The van der Waals surface area contributed by atoms with Crippen LogP contribution in [0.1, 0.15) is 23.8 Å². The number of rotatable bonds is 3. The lowest BCUT2D eigenvalue weighted by molar-refractivity contribution is 0.509. The summed E-state index contributed by atoms with van der Waals surface area (Å²) in [5, 5.41) is 1.48. The normalized spacial score (nSPS) is 16.6. The van der Waals surface area contributed by atoms with Crippen molar-refractivity contribution in [3.63, 3.8) is 0 Å². The van der Waals surface area contributed by atoms with E-state index < -0.39 is 0 Å². The van der Waals surface area contributed by atoms with Gasteiger partial charge in [0.05, 0.1) is 16.8 Å². The average Bonchev–Trinajstić information content (AvgIpc) is 2.98. The highest BCUT2D eigenvalue weighted by molar-refractivity contribution is 7.99. The first kappa shape index (κ1) is 16.4. The molecule has 0 fully saturated rings. The summed E-state index contributed by atoms with van der Waals surface area (Å²) in [6, 6.07) is 9.70. The molecule has 0 saturated carbocycles. The summed E-state index contributed by atoms with van der Waals surface area (Å²) in [6.07, 6.45) is 8.58. The number of thiophene rings is 1. The molecule has 126 valence electrons. The summed E-state index contributed by atoms with van der Waals surface area (Å²) in [5.41, 5.74) is 2.09. The Hall–Kier alpha value is -2.03. The topological polar surface area (TPSA) is 34.9 Å². The van der Waals surface area contributed by atoms with Gasteiger partial charge < -0.3 is 0 Å². The fraction of sp³-hybridized carbons (Fsp3) is 0.300. The molecule has 0 aliphatic heterocycles. The van der Waals surface area contributed by atoms with E-state index in [1.807, 2.05) is 30.3 Å². The van der Waals surface area contributed by atoms with Crippen LogP contribution in [0, 0.1) is 18.3 Å². The Balaban J connectivity index is 2.00. The summed E-state index contributed by atoms with van der Waals surface area (Å²) in [4.78, 5) is 20.4. The third kappa shape index (κ3) is 2.90. The summed E-state index contributed by atoms with van der Waals surface area (Å²) < 4.78 is 1.72. The van der Waals surface area contributed by atoms with Crippen LogP contribution in [0.25, 0.3) is 15.9 Å². The van der Waals surface area contributed by atoms with Gasteiger partial charge in [-0.2, -0.15) is 0 Å². The van der Waals surface area contributed by atoms with E-state index in [1.54, 1.807) is 15.9 Å². The second-order valence-electron chi connectivity index (χ2n) is 6.40. The highest BCUT2D eigenvalue weighted by atomic mass is 32.2. The number of thioether (sulfide) groups is 1. The average molecular weight is 367 g/mol. The van der Waals surface area contributed by atoms with Crippen molar-refractivity contribution in [2.75, 3.05) is 5.75 Å². The maximum atomic E-state index is 13.4. The third-order valence-electron chi connectivity index (χ3n) is 4.60. The smallest absolute Gasteiger partial charge is 0.267 e. The molecule has 3 aromatic rings. The minimum atomic E-state index is 0.0303. The molecule has 0 bridgehead atoms. The summed E-state index contributed by atoms with van der Waals surface area (Å²) in [5.74, 6) is 3.79. The molecule has 2 aromatic heterocycles. The van der Waals surface area contributed by atoms with Gasteiger partial charge in [-0.3, -0.25) is 9.36 Å². The second kappa shape index (κ2) is 6.70. The van der Waals surface area contributed by atoms with Crippen LogP contribution in [-0.4, -0.2) is 15.3 Å². The molecule has 1 aliphatic rings. The molecule has 0 amide bonds. The van der Waals surface area contributed by atoms with Crippen molar-refractivity contribution in [2.24, 2.45) is 5.92 Å². The Kier molecular flexibility index (Phi) is 4.41.